The van der Waals surface area contributed by atoms with Crippen LogP contribution in [0.15, 0.2) is 18.2 Å². The molecule has 0 unspecified atom stereocenters. The van der Waals surface area contributed by atoms with Crippen LogP contribution in [0.1, 0.15) is 26.7 Å². The Balaban J connectivity index is 2.36. The zero-order valence-electron chi connectivity index (χ0n) is 11.7. The highest BCUT2D eigenvalue weighted by Gasteiger charge is 2.15. The van der Waals surface area contributed by atoms with Crippen LogP contribution in [0.4, 0.5) is 14.9 Å². The van der Waals surface area contributed by atoms with Crippen molar-refractivity contribution in [2.75, 3.05) is 18.5 Å². The predicted molar refractivity (Wildman–Crippen MR) is 78.5 cm³/mol. The van der Waals surface area contributed by atoms with Gasteiger partial charge < -0.3 is 15.7 Å². The van der Waals surface area contributed by atoms with Gasteiger partial charge in [-0.3, -0.25) is 0 Å². The van der Waals surface area contributed by atoms with Crippen LogP contribution in [-0.4, -0.2) is 24.3 Å². The number of hydrogen-bond donors (Lipinski definition) is 3. The molecule has 20 heavy (non-hydrogen) atoms. The first-order chi connectivity index (χ1) is 9.35. The SMILES string of the molecule is CC(C)(CO)CCCNC(=O)Nc1cccc(Cl)c1F. The summed E-state index contributed by atoms with van der Waals surface area (Å²) in [5, 5.41) is 14.1. The van der Waals surface area contributed by atoms with Gasteiger partial charge in [0.1, 0.15) is 0 Å². The average Bonchev–Trinajstić information content (AvgIpc) is 2.40. The molecule has 0 bridgehead atoms. The number of halogens is 2. The standard InChI is InChI=1S/C14H20ClFN2O2/c1-14(2,9-19)7-4-8-17-13(20)18-11-6-3-5-10(15)12(11)16/h3,5-6,19H,4,7-9H2,1-2H3,(H2,17,18,20). The summed E-state index contributed by atoms with van der Waals surface area (Å²) >= 11 is 5.62. The van der Waals surface area contributed by atoms with Crippen molar-refractivity contribution < 1.29 is 14.3 Å². The number of carbonyl (C=O) groups excluding carboxylic acids is 1. The van der Waals surface area contributed by atoms with E-state index in [0.717, 1.165) is 12.8 Å². The molecule has 0 spiro atoms. The molecule has 0 aliphatic carbocycles. The van der Waals surface area contributed by atoms with Crippen LogP contribution in [0.5, 0.6) is 0 Å². The van der Waals surface area contributed by atoms with Gasteiger partial charge in [-0.25, -0.2) is 9.18 Å². The number of anilines is 1. The molecule has 2 amide bonds. The number of rotatable bonds is 6. The minimum atomic E-state index is -0.647. The molecule has 6 heteroatoms. The maximum absolute atomic E-state index is 13.6. The summed E-state index contributed by atoms with van der Waals surface area (Å²) in [6.45, 7) is 4.47. The Labute approximate surface area is 123 Å². The third kappa shape index (κ3) is 5.35. The Morgan fingerprint density at radius 3 is 2.80 bits per heavy atom. The van der Waals surface area contributed by atoms with Crippen LogP contribution in [0, 0.1) is 11.2 Å². The van der Waals surface area contributed by atoms with Gasteiger partial charge in [0, 0.05) is 13.2 Å². The molecule has 1 aromatic rings. The van der Waals surface area contributed by atoms with Crippen LogP contribution in [0.2, 0.25) is 5.02 Å². The largest absolute Gasteiger partial charge is 0.396 e. The fourth-order valence-corrected chi connectivity index (χ4v) is 1.79. The lowest BCUT2D eigenvalue weighted by molar-refractivity contribution is 0.148. The fourth-order valence-electron chi connectivity index (χ4n) is 1.61. The van der Waals surface area contributed by atoms with Gasteiger partial charge in [-0.05, 0) is 30.4 Å². The zero-order valence-corrected chi connectivity index (χ0v) is 12.4. The molecule has 0 atom stereocenters. The van der Waals surface area contributed by atoms with Crippen molar-refractivity contribution in [3.05, 3.63) is 29.0 Å². The van der Waals surface area contributed by atoms with Gasteiger partial charge >= 0.3 is 6.03 Å². The van der Waals surface area contributed by atoms with E-state index in [2.05, 4.69) is 10.6 Å². The van der Waals surface area contributed by atoms with Gasteiger partial charge in [0.05, 0.1) is 10.7 Å². The number of nitrogens with one attached hydrogen (secondary N) is 2. The Bertz CT molecular complexity index is 466. The van der Waals surface area contributed by atoms with Gasteiger partial charge in [-0.1, -0.05) is 31.5 Å². The molecule has 0 fully saturated rings. The molecule has 0 heterocycles. The van der Waals surface area contributed by atoms with E-state index in [1.165, 1.54) is 12.1 Å². The van der Waals surface area contributed by atoms with Crippen LogP contribution >= 0.6 is 11.6 Å². The number of hydrogen-bond acceptors (Lipinski definition) is 2. The average molecular weight is 303 g/mol. The minimum Gasteiger partial charge on any atom is -0.396 e. The van der Waals surface area contributed by atoms with Crippen molar-refractivity contribution in [2.45, 2.75) is 26.7 Å². The number of urea groups is 1. The molecule has 4 nitrogen and oxygen atoms in total. The molecule has 1 rings (SSSR count). The lowest BCUT2D eigenvalue weighted by atomic mass is 9.89. The van der Waals surface area contributed by atoms with E-state index in [4.69, 9.17) is 16.7 Å². The van der Waals surface area contributed by atoms with Crippen molar-refractivity contribution in [1.82, 2.24) is 5.32 Å². The number of aliphatic hydroxyl groups excluding tert-OH is 1. The topological polar surface area (TPSA) is 61.4 Å². The van der Waals surface area contributed by atoms with Crippen LogP contribution < -0.4 is 10.6 Å². The summed E-state index contributed by atoms with van der Waals surface area (Å²) in [6.07, 6.45) is 1.52. The summed E-state index contributed by atoms with van der Waals surface area (Å²) in [5.41, 5.74) is -0.109. The van der Waals surface area contributed by atoms with Gasteiger partial charge in [0.2, 0.25) is 0 Å². The van der Waals surface area contributed by atoms with E-state index in [1.807, 2.05) is 13.8 Å². The minimum absolute atomic E-state index is 0.0347. The van der Waals surface area contributed by atoms with Crippen molar-refractivity contribution in [1.29, 1.82) is 0 Å². The number of amides is 2. The van der Waals surface area contributed by atoms with Gasteiger partial charge in [0.25, 0.3) is 0 Å². The normalized spacial score (nSPS) is 11.2. The molecule has 0 radical (unpaired) electrons. The van der Waals surface area contributed by atoms with E-state index in [0.29, 0.717) is 6.54 Å². The predicted octanol–water partition coefficient (Wildman–Crippen LogP) is 3.40. The lowest BCUT2D eigenvalue weighted by Crippen LogP contribution is -2.30. The molecule has 0 aromatic heterocycles. The van der Waals surface area contributed by atoms with Gasteiger partial charge in [-0.2, -0.15) is 0 Å². The van der Waals surface area contributed by atoms with E-state index >= 15 is 0 Å². The Hall–Kier alpha value is -1.33. The highest BCUT2D eigenvalue weighted by molar-refractivity contribution is 6.31. The first-order valence-corrected chi connectivity index (χ1v) is 6.83. The summed E-state index contributed by atoms with van der Waals surface area (Å²) in [5.74, 6) is -0.647. The summed E-state index contributed by atoms with van der Waals surface area (Å²) in [6, 6.07) is 3.94. The molecule has 0 aliphatic heterocycles. The van der Waals surface area contributed by atoms with Gasteiger partial charge in [0.15, 0.2) is 5.82 Å². The molecule has 0 saturated carbocycles. The smallest absolute Gasteiger partial charge is 0.319 e. The maximum Gasteiger partial charge on any atom is 0.319 e. The van der Waals surface area contributed by atoms with Crippen LogP contribution in [-0.2, 0) is 0 Å². The van der Waals surface area contributed by atoms with E-state index < -0.39 is 11.8 Å². The molecular weight excluding hydrogens is 283 g/mol. The molecule has 1 aromatic carbocycles. The third-order valence-corrected chi connectivity index (χ3v) is 3.24. The van der Waals surface area contributed by atoms with Crippen LogP contribution in [0.25, 0.3) is 0 Å². The number of aliphatic hydroxyl groups is 1. The molecular formula is C14H20ClFN2O2. The highest BCUT2D eigenvalue weighted by Crippen LogP contribution is 2.22. The summed E-state index contributed by atoms with van der Waals surface area (Å²) in [4.78, 5) is 11.6. The second-order valence-corrected chi connectivity index (χ2v) is 5.82. The molecule has 112 valence electrons. The Morgan fingerprint density at radius 1 is 1.45 bits per heavy atom. The molecule has 0 aliphatic rings. The maximum atomic E-state index is 13.6. The van der Waals surface area contributed by atoms with E-state index in [9.17, 15) is 9.18 Å². The Morgan fingerprint density at radius 2 is 2.15 bits per heavy atom. The molecule has 0 saturated heterocycles. The number of benzene rings is 1. The quantitative estimate of drug-likeness (QED) is 0.705. The first kappa shape index (κ1) is 16.7. The van der Waals surface area contributed by atoms with Crippen molar-refractivity contribution in [3.8, 4) is 0 Å². The zero-order chi connectivity index (χ0) is 15.2. The van der Waals surface area contributed by atoms with Gasteiger partial charge in [-0.15, -0.1) is 0 Å². The summed E-state index contributed by atoms with van der Waals surface area (Å²) in [7, 11) is 0. The lowest BCUT2D eigenvalue weighted by Gasteiger charge is -2.21. The fraction of sp³-hybridized carbons (Fsp3) is 0.500. The second-order valence-electron chi connectivity index (χ2n) is 5.41. The molecule has 3 N–H and O–H groups in total. The second kappa shape index (κ2) is 7.45. The highest BCUT2D eigenvalue weighted by atomic mass is 35.5. The van der Waals surface area contributed by atoms with E-state index in [1.54, 1.807) is 6.07 Å². The monoisotopic (exact) mass is 302 g/mol. The Kier molecular flexibility index (Phi) is 6.23. The third-order valence-electron chi connectivity index (χ3n) is 2.94. The van der Waals surface area contributed by atoms with Crippen molar-refractivity contribution in [3.63, 3.8) is 0 Å². The van der Waals surface area contributed by atoms with Crippen molar-refractivity contribution in [2.24, 2.45) is 5.41 Å². The van der Waals surface area contributed by atoms with E-state index in [-0.39, 0.29) is 22.7 Å². The first-order valence-electron chi connectivity index (χ1n) is 6.45. The summed E-state index contributed by atoms with van der Waals surface area (Å²) < 4.78 is 13.6. The number of carbonyl (C=O) groups is 1. The van der Waals surface area contributed by atoms with Crippen LogP contribution in [0.3, 0.4) is 0 Å². The van der Waals surface area contributed by atoms with Crippen molar-refractivity contribution >= 4 is 23.3 Å².